The Morgan fingerprint density at radius 3 is 2.19 bits per heavy atom. The third-order valence-corrected chi connectivity index (χ3v) is 24.4. The lowest BCUT2D eigenvalue weighted by atomic mass is 9.39. The molecule has 113 heavy (non-hydrogen) atoms. The van der Waals surface area contributed by atoms with E-state index in [-0.39, 0.29) is 86.4 Å². The SMILES string of the molecule is Cc1c(-c2ccc(-c3ccc4cccc(C(=O)Nc5nc6ccccc6s5)c4c3)nc2C(=O)O)cnn1CC12CC3(C)CC(C)(C1)CC(OCCN(CCS(=O)(=O)O)C(=O)OCc1ccc(CC(=O)[C@H](CCCNC(N)=O)NC(=O)[C@@H](CC(=O)CN4C(=O)[C@@H](N5C(=O)C=CC5=O)C[C@H]4COCCS(=O)(=O)O)C(C)C)cc1)(C3)C2. The maximum atomic E-state index is 14.2. The maximum absolute atomic E-state index is 14.2. The zero-order chi connectivity index (χ0) is 81.1. The van der Waals surface area contributed by atoms with Crippen molar-refractivity contribution in [3.05, 3.63) is 143 Å². The van der Waals surface area contributed by atoms with Crippen LogP contribution < -0.4 is 21.7 Å². The number of aromatic nitrogens is 4. The first-order valence-electron chi connectivity index (χ1n) is 37.3. The highest BCUT2D eigenvalue weighted by Crippen LogP contribution is 2.72. The first-order chi connectivity index (χ1) is 53.4. The van der Waals surface area contributed by atoms with Gasteiger partial charge < -0.3 is 45.5 Å². The average Bonchev–Trinajstić information content (AvgIpc) is 0.931. The molecule has 1 saturated heterocycles. The van der Waals surface area contributed by atoms with E-state index in [0.717, 1.165) is 75.4 Å². The van der Waals surface area contributed by atoms with Crippen LogP contribution in [0.4, 0.5) is 14.7 Å². The third kappa shape index (κ3) is 19.7. The van der Waals surface area contributed by atoms with Gasteiger partial charge in [-0.05, 0) is 139 Å². The summed E-state index contributed by atoms with van der Waals surface area (Å²) in [4.78, 5) is 146. The summed E-state index contributed by atoms with van der Waals surface area (Å²) < 4.78 is 87.1. The molecule has 4 aliphatic carbocycles. The van der Waals surface area contributed by atoms with E-state index in [0.29, 0.717) is 62.6 Å². The van der Waals surface area contributed by atoms with Crippen molar-refractivity contribution in [2.24, 2.45) is 33.8 Å². The molecule has 34 heteroatoms. The van der Waals surface area contributed by atoms with Crippen molar-refractivity contribution in [1.82, 2.24) is 45.1 Å². The number of nitrogens with one attached hydrogen (secondary N) is 3. The van der Waals surface area contributed by atoms with Gasteiger partial charge in [-0.3, -0.25) is 57.6 Å². The number of aromatic carboxylic acids is 1. The fourth-order valence-electron chi connectivity index (χ4n) is 18.0. The number of carboxylic acid groups (broad SMARTS) is 1. The third-order valence-electron chi connectivity index (χ3n) is 22.0. The number of amides is 8. The largest absolute Gasteiger partial charge is 0.476 e. The van der Waals surface area contributed by atoms with Gasteiger partial charge in [-0.1, -0.05) is 99.7 Å². The van der Waals surface area contributed by atoms with Gasteiger partial charge in [0.05, 0.1) is 77.7 Å². The van der Waals surface area contributed by atoms with Gasteiger partial charge in [0.25, 0.3) is 38.0 Å². The Balaban J connectivity index is 0.669. The van der Waals surface area contributed by atoms with Crippen LogP contribution in [0.25, 0.3) is 43.4 Å². The van der Waals surface area contributed by atoms with E-state index in [2.05, 4.69) is 34.8 Å². The predicted octanol–water partition coefficient (Wildman–Crippen LogP) is 8.37. The number of hydrogen-bond acceptors (Lipinski definition) is 21. The van der Waals surface area contributed by atoms with Gasteiger partial charge in [0.2, 0.25) is 11.8 Å². The fourth-order valence-corrected chi connectivity index (χ4v) is 19.7. The summed E-state index contributed by atoms with van der Waals surface area (Å²) in [6, 6.07) is 24.4. The molecule has 13 rings (SSSR count). The summed E-state index contributed by atoms with van der Waals surface area (Å²) in [7, 11) is -8.96. The number of benzene rings is 4. The second-order valence-electron chi connectivity index (χ2n) is 31.6. The highest BCUT2D eigenvalue weighted by Gasteiger charge is 2.66. The Kier molecular flexibility index (Phi) is 24.3. The number of nitrogens with two attached hydrogens (primary N) is 1. The number of hydrogen-bond donors (Lipinski definition) is 7. The molecule has 2 aliphatic heterocycles. The van der Waals surface area contributed by atoms with Crippen LogP contribution in [-0.2, 0) is 82.8 Å². The number of carbonyl (C=O) groups excluding carboxylic acids is 9. The summed E-state index contributed by atoms with van der Waals surface area (Å²) in [6.07, 6.45) is 7.02. The second kappa shape index (κ2) is 33.4. The Labute approximate surface area is 656 Å². The molecule has 6 atom stereocenters. The van der Waals surface area contributed by atoms with Crippen molar-refractivity contribution in [3.8, 4) is 22.4 Å². The molecular weight excluding hydrogens is 1520 g/mol. The van der Waals surface area contributed by atoms with E-state index in [9.17, 15) is 79.0 Å². The molecule has 4 saturated carbocycles. The lowest BCUT2D eigenvalue weighted by Crippen LogP contribution is -2.64. The minimum Gasteiger partial charge on any atom is -0.476 e. The number of urea groups is 1. The Bertz CT molecular complexity index is 5110. The number of nitrogens with zero attached hydrogens (tertiary/aromatic N) is 7. The maximum Gasteiger partial charge on any atom is 0.410 e. The average molecular weight is 1610 g/mol. The van der Waals surface area contributed by atoms with Gasteiger partial charge in [0.15, 0.2) is 22.4 Å². The number of Topliss-reactive ketones (excluding diaryl/α,β-unsaturated/α-hetero) is 2. The second-order valence-corrected chi connectivity index (χ2v) is 35.8. The van der Waals surface area contributed by atoms with E-state index in [4.69, 9.17) is 30.0 Å². The van der Waals surface area contributed by atoms with Crippen molar-refractivity contribution >= 4 is 117 Å². The number of anilines is 1. The molecule has 8 amide bonds. The highest BCUT2D eigenvalue weighted by molar-refractivity contribution is 7.86. The normalized spacial score (nSPS) is 21.8. The number of carboxylic acids is 1. The summed E-state index contributed by atoms with van der Waals surface area (Å²) in [6.45, 7) is 8.18. The Morgan fingerprint density at radius 1 is 0.796 bits per heavy atom. The molecule has 0 radical (unpaired) electrons. The summed E-state index contributed by atoms with van der Waals surface area (Å²) >= 11 is 1.37. The Hall–Kier alpha value is -10.2. The molecule has 7 aromatic rings. The van der Waals surface area contributed by atoms with Crippen LogP contribution >= 0.6 is 11.3 Å². The zero-order valence-electron chi connectivity index (χ0n) is 63.1. The number of imide groups is 1. The number of primary amides is 1. The van der Waals surface area contributed by atoms with Gasteiger partial charge in [-0.15, -0.1) is 0 Å². The number of ketones is 2. The van der Waals surface area contributed by atoms with Crippen LogP contribution in [0, 0.1) is 35.0 Å². The summed E-state index contributed by atoms with van der Waals surface area (Å²) in [5.41, 5.74) is 8.74. The molecule has 8 N–H and O–H groups in total. The number of pyridine rings is 1. The van der Waals surface area contributed by atoms with Gasteiger partial charge in [-0.2, -0.15) is 21.9 Å². The molecule has 2 unspecified atom stereocenters. The van der Waals surface area contributed by atoms with Gasteiger partial charge in [0, 0.05) is 91.5 Å². The van der Waals surface area contributed by atoms with E-state index < -0.39 is 147 Å². The smallest absolute Gasteiger partial charge is 0.410 e. The van der Waals surface area contributed by atoms with E-state index in [1.54, 1.807) is 68.6 Å². The minimum atomic E-state index is -4.55. The molecule has 3 aromatic heterocycles. The van der Waals surface area contributed by atoms with Crippen LogP contribution in [0.2, 0.25) is 0 Å². The van der Waals surface area contributed by atoms with Crippen molar-refractivity contribution in [2.45, 2.75) is 142 Å². The van der Waals surface area contributed by atoms with E-state index in [1.807, 2.05) is 60.1 Å². The molecule has 5 fully saturated rings. The van der Waals surface area contributed by atoms with Crippen LogP contribution in [0.3, 0.4) is 0 Å². The van der Waals surface area contributed by atoms with Gasteiger partial charge in [0.1, 0.15) is 12.6 Å². The number of para-hydroxylation sites is 1. The lowest BCUT2D eigenvalue weighted by Gasteiger charge is -2.69. The predicted molar refractivity (Wildman–Crippen MR) is 415 cm³/mol. The molecule has 0 spiro atoms. The van der Waals surface area contributed by atoms with Crippen LogP contribution in [-0.4, -0.2) is 206 Å². The number of carbonyl (C=O) groups is 10. The number of rotatable bonds is 36. The molecule has 5 heterocycles. The molecule has 4 bridgehead atoms. The number of fused-ring (bicyclic) bond motifs is 2. The molecule has 31 nitrogen and oxygen atoms in total. The van der Waals surface area contributed by atoms with Gasteiger partial charge >= 0.3 is 18.1 Å². The Morgan fingerprint density at radius 2 is 1.50 bits per heavy atom. The zero-order valence-corrected chi connectivity index (χ0v) is 65.6. The van der Waals surface area contributed by atoms with Crippen molar-refractivity contribution in [1.29, 1.82) is 0 Å². The van der Waals surface area contributed by atoms with Crippen molar-refractivity contribution < 1.29 is 93.2 Å². The number of thiazole rings is 1. The first-order valence-corrected chi connectivity index (χ1v) is 41.3. The standard InChI is InChI=1S/C79H91N11O20S3/c1-47(2)57(35-54(91)37-88-53(39-108-29-31-113(105,106)107)34-63(71(88)97)90-66(93)23-24-67(90)94)70(96)84-61(13-9-25-81-73(80)100)64(92)32-49-15-17-50(18-16-49)38-109-75(101)87(27-30-112(102,103)104)26-28-110-79-43-76(4)40-77(5,44-79)42-78(41-76,45-79)46-89-48(3)59(36-82-89)55-21-22-60(83-68(55)72(98)99)52-20-19-51-10-8-11-56(58(51)33-52)69(95)86-74-85-62-12-6-7-14-65(62)111-74/h6-8,10-12,14-24,33,36,47,53,57,61,63H,9,13,25-32,34-35,37-46H2,1-5H3,(H,84,96)(H,98,99)(H3,80,81,100)(H,85,86,95)(H,102,103,104)(H,105,106,107)/t53-,57-,61-,63-,76?,77?,78?,79?/m0/s1. The molecule has 600 valence electrons. The molecule has 6 aliphatic rings. The summed E-state index contributed by atoms with van der Waals surface area (Å²) in [5, 5.41) is 25.8. The fraction of sp³-hybridized carbons (Fsp3) is 0.456. The number of ether oxygens (including phenoxy) is 3. The van der Waals surface area contributed by atoms with Crippen molar-refractivity contribution in [3.63, 3.8) is 0 Å². The first kappa shape index (κ1) is 82.2. The minimum absolute atomic E-state index is 0.00406. The van der Waals surface area contributed by atoms with Gasteiger partial charge in [-0.25, -0.2) is 24.4 Å². The van der Waals surface area contributed by atoms with E-state index in [1.165, 1.54) is 16.2 Å². The summed E-state index contributed by atoms with van der Waals surface area (Å²) in [5.74, 6) is -8.64. The monoisotopic (exact) mass is 1610 g/mol. The quantitative estimate of drug-likeness (QED) is 0.0110. The molecule has 4 aromatic carbocycles. The lowest BCUT2D eigenvalue weighted by molar-refractivity contribution is -0.248. The van der Waals surface area contributed by atoms with Crippen LogP contribution in [0.5, 0.6) is 0 Å². The topological polar surface area (TPSA) is 443 Å². The molecular formula is C79H91N11O20S3. The highest BCUT2D eigenvalue weighted by atomic mass is 32.2. The van der Waals surface area contributed by atoms with Crippen LogP contribution in [0.1, 0.15) is 130 Å². The van der Waals surface area contributed by atoms with Crippen LogP contribution in [0.15, 0.2) is 115 Å². The number of likely N-dealkylation sites (tertiary alicyclic amines) is 1. The van der Waals surface area contributed by atoms with Crippen molar-refractivity contribution in [2.75, 3.05) is 62.8 Å². The van der Waals surface area contributed by atoms with E-state index >= 15 is 0 Å².